The zero-order chi connectivity index (χ0) is 39.7. The molecule has 2 aliphatic rings. The summed E-state index contributed by atoms with van der Waals surface area (Å²) in [6, 6.07) is 11.0. The van der Waals surface area contributed by atoms with E-state index in [4.69, 9.17) is 9.47 Å². The Hall–Kier alpha value is -5.67. The van der Waals surface area contributed by atoms with E-state index in [9.17, 15) is 45.1 Å². The third-order valence-corrected chi connectivity index (χ3v) is 9.50. The van der Waals surface area contributed by atoms with Crippen molar-refractivity contribution in [3.63, 3.8) is 0 Å². The molecular formula is C39H33F8N3O5. The molecule has 2 aliphatic carbocycles. The second-order valence-corrected chi connectivity index (χ2v) is 13.2. The van der Waals surface area contributed by atoms with E-state index in [0.29, 0.717) is 37.8 Å². The summed E-state index contributed by atoms with van der Waals surface area (Å²) < 4.78 is 122. The van der Waals surface area contributed by atoms with Gasteiger partial charge in [-0.25, -0.2) is 13.6 Å². The largest absolute Gasteiger partial charge is 0.496 e. The molecule has 0 bridgehead atoms. The molecule has 55 heavy (non-hydrogen) atoms. The highest BCUT2D eigenvalue weighted by molar-refractivity contribution is 6.13. The van der Waals surface area contributed by atoms with Crippen molar-refractivity contribution < 1.29 is 59.0 Å². The fourth-order valence-corrected chi connectivity index (χ4v) is 6.45. The molecule has 16 heteroatoms. The number of ether oxygens (including phenoxy) is 2. The van der Waals surface area contributed by atoms with Crippen LogP contribution in [0.4, 0.5) is 51.3 Å². The van der Waals surface area contributed by atoms with Gasteiger partial charge in [0.1, 0.15) is 17.4 Å². The summed E-state index contributed by atoms with van der Waals surface area (Å²) in [7, 11) is 1.24. The number of methoxy groups -OCH3 is 1. The molecule has 0 saturated heterocycles. The first kappa shape index (κ1) is 39.0. The first-order valence-electron chi connectivity index (χ1n) is 17.2. The number of carbonyl (C=O) groups excluding carboxylic acids is 3. The molecule has 0 aromatic heterocycles. The number of carbonyl (C=O) groups is 3. The van der Waals surface area contributed by atoms with Crippen molar-refractivity contribution in [2.45, 2.75) is 69.4 Å². The maximum atomic E-state index is 15.3. The standard InChI is InChI=1S/C39H33F8N3O5/c1-54-33-14-10-22(26-17-23(9-12-30(26)40)34(39(45,46)47)55-37(53)49-24-7-4-8-24)16-28(33)36(52)50-32-18-21-6-3-2-5-20(21)15-27(32)35(51)48-25-11-13-31(41)29(19-25)38(42,43)44/h9-19,24,34H,2-8H2,1H3,(H,48,51)(H,49,53)(H,50,52)/t34-/m0/s1. The molecule has 0 spiro atoms. The van der Waals surface area contributed by atoms with Gasteiger partial charge in [0.15, 0.2) is 0 Å². The van der Waals surface area contributed by atoms with Gasteiger partial charge in [0.05, 0.1) is 29.5 Å². The smallest absolute Gasteiger partial charge is 0.429 e. The van der Waals surface area contributed by atoms with Crippen molar-refractivity contribution in [3.8, 4) is 16.9 Å². The minimum atomic E-state index is -5.06. The number of aryl methyl sites for hydroxylation is 2. The molecule has 290 valence electrons. The van der Waals surface area contributed by atoms with E-state index in [0.717, 1.165) is 54.7 Å². The zero-order valence-corrected chi connectivity index (χ0v) is 29.0. The summed E-state index contributed by atoms with van der Waals surface area (Å²) in [5.41, 5.74) is -1.73. The summed E-state index contributed by atoms with van der Waals surface area (Å²) in [5.74, 6) is -4.31. The molecule has 0 radical (unpaired) electrons. The monoisotopic (exact) mass is 775 g/mol. The van der Waals surface area contributed by atoms with E-state index in [1.54, 1.807) is 6.07 Å². The van der Waals surface area contributed by atoms with Crippen LogP contribution in [0.25, 0.3) is 11.1 Å². The number of alkyl halides is 6. The molecule has 0 unspecified atom stereocenters. The van der Waals surface area contributed by atoms with Crippen LogP contribution in [-0.2, 0) is 23.8 Å². The fraction of sp³-hybridized carbons (Fsp3) is 0.308. The van der Waals surface area contributed by atoms with E-state index in [1.165, 1.54) is 31.4 Å². The molecule has 4 aromatic rings. The van der Waals surface area contributed by atoms with Gasteiger partial charge in [-0.1, -0.05) is 12.1 Å². The summed E-state index contributed by atoms with van der Waals surface area (Å²) in [6.45, 7) is 0. The molecule has 6 rings (SSSR count). The van der Waals surface area contributed by atoms with Crippen molar-refractivity contribution in [1.82, 2.24) is 5.32 Å². The van der Waals surface area contributed by atoms with E-state index < -0.39 is 59.1 Å². The number of alkyl carbamates (subject to hydrolysis) is 1. The van der Waals surface area contributed by atoms with Gasteiger partial charge in [-0.2, -0.15) is 26.3 Å². The highest BCUT2D eigenvalue weighted by Gasteiger charge is 2.45. The van der Waals surface area contributed by atoms with Gasteiger partial charge in [0.2, 0.25) is 6.10 Å². The molecule has 8 nitrogen and oxygen atoms in total. The van der Waals surface area contributed by atoms with Gasteiger partial charge >= 0.3 is 18.4 Å². The number of anilines is 2. The lowest BCUT2D eigenvalue weighted by atomic mass is 9.89. The number of hydrogen-bond donors (Lipinski definition) is 3. The molecular weight excluding hydrogens is 742 g/mol. The molecule has 1 saturated carbocycles. The highest BCUT2D eigenvalue weighted by atomic mass is 19.4. The summed E-state index contributed by atoms with van der Waals surface area (Å²) in [4.78, 5) is 39.8. The molecule has 3 amide bonds. The minimum Gasteiger partial charge on any atom is -0.496 e. The predicted octanol–water partition coefficient (Wildman–Crippen LogP) is 9.92. The minimum absolute atomic E-state index is 0.0306. The average Bonchev–Trinajstić information content (AvgIpc) is 3.11. The van der Waals surface area contributed by atoms with Gasteiger partial charge in [0, 0.05) is 22.9 Å². The molecule has 3 N–H and O–H groups in total. The molecule has 1 fully saturated rings. The van der Waals surface area contributed by atoms with Gasteiger partial charge < -0.3 is 25.4 Å². The normalized spacial score (nSPS) is 14.9. The Morgan fingerprint density at radius 1 is 0.745 bits per heavy atom. The van der Waals surface area contributed by atoms with Crippen LogP contribution in [0, 0.1) is 11.6 Å². The molecule has 4 aromatic carbocycles. The number of benzene rings is 4. The van der Waals surface area contributed by atoms with Crippen LogP contribution in [0.15, 0.2) is 66.7 Å². The Balaban J connectivity index is 1.32. The van der Waals surface area contributed by atoms with E-state index in [2.05, 4.69) is 16.0 Å². The first-order valence-corrected chi connectivity index (χ1v) is 17.2. The average molecular weight is 776 g/mol. The van der Waals surface area contributed by atoms with Crippen LogP contribution < -0.4 is 20.7 Å². The Bertz CT molecular complexity index is 2130. The molecule has 1 atom stereocenters. The predicted molar refractivity (Wildman–Crippen MR) is 185 cm³/mol. The number of rotatable bonds is 9. The maximum Gasteiger partial charge on any atom is 0.429 e. The van der Waals surface area contributed by atoms with Crippen LogP contribution in [0.2, 0.25) is 0 Å². The first-order chi connectivity index (χ1) is 26.0. The Morgan fingerprint density at radius 3 is 2.05 bits per heavy atom. The van der Waals surface area contributed by atoms with Crippen molar-refractivity contribution in [2.24, 2.45) is 0 Å². The Morgan fingerprint density at radius 2 is 1.42 bits per heavy atom. The van der Waals surface area contributed by atoms with Crippen LogP contribution in [0.1, 0.15) is 81.2 Å². The molecule has 0 aliphatic heterocycles. The van der Waals surface area contributed by atoms with Crippen molar-refractivity contribution in [3.05, 3.63) is 112 Å². The van der Waals surface area contributed by atoms with Crippen LogP contribution in [0.5, 0.6) is 5.75 Å². The van der Waals surface area contributed by atoms with Crippen molar-refractivity contribution in [2.75, 3.05) is 17.7 Å². The lowest BCUT2D eigenvalue weighted by molar-refractivity contribution is -0.206. The second-order valence-electron chi connectivity index (χ2n) is 13.2. The van der Waals surface area contributed by atoms with Crippen molar-refractivity contribution >= 4 is 29.3 Å². The summed E-state index contributed by atoms with van der Waals surface area (Å²) >= 11 is 0. The zero-order valence-electron chi connectivity index (χ0n) is 29.0. The Labute approximate surface area is 309 Å². The van der Waals surface area contributed by atoms with Crippen LogP contribution in [0.3, 0.4) is 0 Å². The van der Waals surface area contributed by atoms with E-state index in [-0.39, 0.29) is 45.4 Å². The van der Waals surface area contributed by atoms with Crippen LogP contribution >= 0.6 is 0 Å². The number of halogens is 8. The molecule has 0 heterocycles. The van der Waals surface area contributed by atoms with Crippen LogP contribution in [-0.4, -0.2) is 37.2 Å². The lowest BCUT2D eigenvalue weighted by Crippen LogP contribution is -2.41. The third-order valence-electron chi connectivity index (χ3n) is 9.50. The fourth-order valence-electron chi connectivity index (χ4n) is 6.45. The van der Waals surface area contributed by atoms with Gasteiger partial charge in [-0.15, -0.1) is 0 Å². The van der Waals surface area contributed by atoms with Gasteiger partial charge in [0.25, 0.3) is 11.8 Å². The second kappa shape index (κ2) is 15.6. The highest BCUT2D eigenvalue weighted by Crippen LogP contribution is 2.40. The number of nitrogens with one attached hydrogen (secondary N) is 3. The third kappa shape index (κ3) is 8.84. The summed E-state index contributed by atoms with van der Waals surface area (Å²) in [6.07, 6.45) is -9.29. The topological polar surface area (TPSA) is 106 Å². The number of fused-ring (bicyclic) bond motifs is 1. The van der Waals surface area contributed by atoms with Crippen molar-refractivity contribution in [1.29, 1.82) is 0 Å². The van der Waals surface area contributed by atoms with Gasteiger partial charge in [-0.3, -0.25) is 9.59 Å². The number of amides is 3. The SMILES string of the molecule is COc1ccc(-c2cc([C@H](OC(=O)NC3CCC3)C(F)(F)F)ccc2F)cc1C(=O)Nc1cc2c(cc1C(=O)Nc1ccc(F)c(C(F)(F)F)c1)CCCC2. The number of hydrogen-bond acceptors (Lipinski definition) is 5. The van der Waals surface area contributed by atoms with E-state index in [1.807, 2.05) is 0 Å². The van der Waals surface area contributed by atoms with Gasteiger partial charge in [-0.05, 0) is 116 Å². The Kier molecular flexibility index (Phi) is 11.1. The van der Waals surface area contributed by atoms with E-state index >= 15 is 4.39 Å². The maximum absolute atomic E-state index is 15.3. The quantitative estimate of drug-likeness (QED) is 0.147. The lowest BCUT2D eigenvalue weighted by Gasteiger charge is -2.28. The summed E-state index contributed by atoms with van der Waals surface area (Å²) in [5, 5.41) is 7.33.